The number of benzene rings is 1. The minimum Gasteiger partial charge on any atom is -0.481 e. The fourth-order valence-electron chi connectivity index (χ4n) is 2.76. The summed E-state index contributed by atoms with van der Waals surface area (Å²) in [7, 11) is 1.83. The van der Waals surface area contributed by atoms with Gasteiger partial charge in [0.1, 0.15) is 5.41 Å². The summed E-state index contributed by atoms with van der Waals surface area (Å²) in [6.45, 7) is 1.90. The Balaban J connectivity index is 2.01. The molecule has 6 heteroatoms. The second-order valence-corrected chi connectivity index (χ2v) is 5.83. The fourth-order valence-corrected chi connectivity index (χ4v) is 2.76. The molecule has 2 rings (SSSR count). The van der Waals surface area contributed by atoms with E-state index in [1.807, 2.05) is 38.2 Å². The van der Waals surface area contributed by atoms with Crippen molar-refractivity contribution < 1.29 is 14.7 Å². The molecule has 128 valence electrons. The summed E-state index contributed by atoms with van der Waals surface area (Å²) in [5.41, 5.74) is 0.559. The summed E-state index contributed by atoms with van der Waals surface area (Å²) in [5, 5.41) is 16.6. The Bertz CT molecular complexity index is 697. The first-order chi connectivity index (χ1) is 11.5. The summed E-state index contributed by atoms with van der Waals surface area (Å²) in [6, 6.07) is 10.9. The van der Waals surface area contributed by atoms with Crippen LogP contribution >= 0.6 is 0 Å². The Morgan fingerprint density at radius 1 is 1.25 bits per heavy atom. The van der Waals surface area contributed by atoms with Gasteiger partial charge >= 0.3 is 5.97 Å². The number of rotatable bonds is 8. The minimum atomic E-state index is -1.11. The fraction of sp³-hybridized carbons (Fsp3) is 0.389. The van der Waals surface area contributed by atoms with Gasteiger partial charge in [-0.05, 0) is 24.5 Å². The molecule has 0 bridgehead atoms. The Morgan fingerprint density at radius 2 is 1.96 bits per heavy atom. The number of nitrogens with zero attached hydrogens (tertiary/aromatic N) is 2. The second kappa shape index (κ2) is 7.77. The topological polar surface area (TPSA) is 84.2 Å². The summed E-state index contributed by atoms with van der Waals surface area (Å²) < 4.78 is 1.73. The van der Waals surface area contributed by atoms with Gasteiger partial charge in [-0.2, -0.15) is 5.10 Å². The average molecular weight is 329 g/mol. The summed E-state index contributed by atoms with van der Waals surface area (Å²) in [6.07, 6.45) is 2.96. The lowest BCUT2D eigenvalue weighted by Gasteiger charge is -2.29. The smallest absolute Gasteiger partial charge is 0.315 e. The SMILES string of the molecule is CCC(CNC(=O)CCc1ccnn1C)(C(=O)O)c1ccccc1. The van der Waals surface area contributed by atoms with Crippen LogP contribution < -0.4 is 5.32 Å². The number of nitrogens with one attached hydrogen (secondary N) is 1. The normalized spacial score (nSPS) is 13.2. The highest BCUT2D eigenvalue weighted by Crippen LogP contribution is 2.27. The maximum Gasteiger partial charge on any atom is 0.315 e. The van der Waals surface area contributed by atoms with Gasteiger partial charge in [-0.3, -0.25) is 14.3 Å². The predicted molar refractivity (Wildman–Crippen MR) is 90.6 cm³/mol. The van der Waals surface area contributed by atoms with Crippen molar-refractivity contribution in [1.82, 2.24) is 15.1 Å². The average Bonchev–Trinajstić information content (AvgIpc) is 3.00. The summed E-state index contributed by atoms with van der Waals surface area (Å²) in [4.78, 5) is 24.0. The lowest BCUT2D eigenvalue weighted by atomic mass is 9.78. The third kappa shape index (κ3) is 3.82. The summed E-state index contributed by atoms with van der Waals surface area (Å²) >= 11 is 0. The molecule has 1 atom stereocenters. The quantitative estimate of drug-likeness (QED) is 0.775. The number of aliphatic carboxylic acids is 1. The standard InChI is InChI=1S/C18H23N3O3/c1-3-18(17(23)24,14-7-5-4-6-8-14)13-19-16(22)10-9-15-11-12-20-21(15)2/h4-8,11-12H,3,9-10,13H2,1-2H3,(H,19,22)(H,23,24). The lowest BCUT2D eigenvalue weighted by Crippen LogP contribution is -2.46. The highest BCUT2D eigenvalue weighted by atomic mass is 16.4. The summed E-state index contributed by atoms with van der Waals surface area (Å²) in [5.74, 6) is -1.09. The second-order valence-electron chi connectivity index (χ2n) is 5.83. The first-order valence-corrected chi connectivity index (χ1v) is 8.02. The van der Waals surface area contributed by atoms with Crippen LogP contribution in [0.2, 0.25) is 0 Å². The Morgan fingerprint density at radius 3 is 2.50 bits per heavy atom. The molecule has 1 aromatic heterocycles. The minimum absolute atomic E-state index is 0.0765. The van der Waals surface area contributed by atoms with E-state index in [1.165, 1.54) is 0 Å². The van der Waals surface area contributed by atoms with Crippen LogP contribution in [-0.4, -0.2) is 33.3 Å². The molecular weight excluding hydrogens is 306 g/mol. The van der Waals surface area contributed by atoms with Gasteiger partial charge in [0, 0.05) is 31.9 Å². The molecule has 0 fully saturated rings. The molecule has 2 aromatic rings. The van der Waals surface area contributed by atoms with Crippen molar-refractivity contribution in [2.45, 2.75) is 31.6 Å². The Hall–Kier alpha value is -2.63. The highest BCUT2D eigenvalue weighted by Gasteiger charge is 2.38. The molecule has 2 N–H and O–H groups in total. The van der Waals surface area contributed by atoms with Gasteiger partial charge in [-0.15, -0.1) is 0 Å². The molecule has 1 amide bonds. The van der Waals surface area contributed by atoms with Crippen molar-refractivity contribution in [3.05, 3.63) is 53.9 Å². The molecular formula is C18H23N3O3. The highest BCUT2D eigenvalue weighted by molar-refractivity contribution is 5.83. The monoisotopic (exact) mass is 329 g/mol. The van der Waals surface area contributed by atoms with Gasteiger partial charge in [0.05, 0.1) is 0 Å². The molecule has 1 heterocycles. The number of aromatic nitrogens is 2. The van der Waals surface area contributed by atoms with Crippen molar-refractivity contribution in [3.63, 3.8) is 0 Å². The van der Waals surface area contributed by atoms with Crippen molar-refractivity contribution in [2.75, 3.05) is 6.54 Å². The largest absolute Gasteiger partial charge is 0.481 e. The number of hydrogen-bond acceptors (Lipinski definition) is 3. The third-order valence-corrected chi connectivity index (χ3v) is 4.46. The molecule has 0 aliphatic carbocycles. The van der Waals surface area contributed by atoms with E-state index in [0.717, 1.165) is 5.69 Å². The van der Waals surface area contributed by atoms with Crippen molar-refractivity contribution in [2.24, 2.45) is 7.05 Å². The van der Waals surface area contributed by atoms with Crippen LogP contribution in [0.3, 0.4) is 0 Å². The zero-order valence-corrected chi connectivity index (χ0v) is 14.0. The zero-order chi connectivity index (χ0) is 17.6. The maximum absolute atomic E-state index is 12.1. The van der Waals surface area contributed by atoms with E-state index in [-0.39, 0.29) is 12.5 Å². The third-order valence-electron chi connectivity index (χ3n) is 4.46. The molecule has 1 unspecified atom stereocenters. The molecule has 0 aliphatic rings. The molecule has 24 heavy (non-hydrogen) atoms. The van der Waals surface area contributed by atoms with E-state index in [9.17, 15) is 14.7 Å². The Labute approximate surface area is 141 Å². The van der Waals surface area contributed by atoms with Gasteiger partial charge in [-0.25, -0.2) is 0 Å². The van der Waals surface area contributed by atoms with Crippen molar-refractivity contribution >= 4 is 11.9 Å². The van der Waals surface area contributed by atoms with Crippen LogP contribution in [0.5, 0.6) is 0 Å². The van der Waals surface area contributed by atoms with Crippen molar-refractivity contribution in [1.29, 1.82) is 0 Å². The first-order valence-electron chi connectivity index (χ1n) is 8.02. The van der Waals surface area contributed by atoms with Gasteiger partial charge in [0.2, 0.25) is 5.91 Å². The molecule has 1 aromatic carbocycles. The van der Waals surface area contributed by atoms with Crippen LogP contribution in [0.15, 0.2) is 42.6 Å². The van der Waals surface area contributed by atoms with Crippen LogP contribution in [0.4, 0.5) is 0 Å². The number of amides is 1. The Kier molecular flexibility index (Phi) is 5.73. The van der Waals surface area contributed by atoms with Crippen LogP contribution in [0.25, 0.3) is 0 Å². The molecule has 0 saturated heterocycles. The molecule has 0 saturated carbocycles. The molecule has 0 spiro atoms. The number of aryl methyl sites for hydroxylation is 2. The van der Waals surface area contributed by atoms with E-state index < -0.39 is 11.4 Å². The van der Waals surface area contributed by atoms with E-state index in [2.05, 4.69) is 10.4 Å². The van der Waals surface area contributed by atoms with Crippen LogP contribution in [0.1, 0.15) is 31.0 Å². The van der Waals surface area contributed by atoms with E-state index >= 15 is 0 Å². The number of carbonyl (C=O) groups is 2. The van der Waals surface area contributed by atoms with Crippen LogP contribution in [-0.2, 0) is 28.5 Å². The van der Waals surface area contributed by atoms with E-state index in [1.54, 1.807) is 23.0 Å². The number of hydrogen-bond donors (Lipinski definition) is 2. The van der Waals surface area contributed by atoms with E-state index in [0.29, 0.717) is 24.8 Å². The van der Waals surface area contributed by atoms with Crippen LogP contribution in [0, 0.1) is 0 Å². The number of carboxylic acids is 1. The number of carboxylic acid groups (broad SMARTS) is 1. The van der Waals surface area contributed by atoms with Gasteiger partial charge in [0.15, 0.2) is 0 Å². The van der Waals surface area contributed by atoms with E-state index in [4.69, 9.17) is 0 Å². The lowest BCUT2D eigenvalue weighted by molar-refractivity contribution is -0.144. The first kappa shape index (κ1) is 17.7. The zero-order valence-electron chi connectivity index (χ0n) is 14.0. The predicted octanol–water partition coefficient (Wildman–Crippen LogP) is 1.90. The van der Waals surface area contributed by atoms with Gasteiger partial charge in [0.25, 0.3) is 0 Å². The maximum atomic E-state index is 12.1. The van der Waals surface area contributed by atoms with Crippen molar-refractivity contribution in [3.8, 4) is 0 Å². The van der Waals surface area contributed by atoms with Gasteiger partial charge in [-0.1, -0.05) is 37.3 Å². The van der Waals surface area contributed by atoms with Gasteiger partial charge < -0.3 is 10.4 Å². The number of carbonyl (C=O) groups excluding carboxylic acids is 1. The molecule has 0 aliphatic heterocycles. The molecule has 0 radical (unpaired) electrons. The molecule has 6 nitrogen and oxygen atoms in total.